The Hall–Kier alpha value is -0.430. The van der Waals surface area contributed by atoms with Gasteiger partial charge >= 0.3 is 10.4 Å². The molecule has 1 atom stereocenters. The van der Waals surface area contributed by atoms with E-state index in [9.17, 15) is 8.42 Å². The third-order valence-electron chi connectivity index (χ3n) is 1.22. The van der Waals surface area contributed by atoms with Crippen LogP contribution in [0, 0.1) is 0 Å². The van der Waals surface area contributed by atoms with E-state index in [1.807, 2.05) is 0 Å². The molecule has 0 aliphatic rings. The van der Waals surface area contributed by atoms with E-state index in [-0.39, 0.29) is 6.61 Å². The largest absolute Gasteiger partial charge is 0.401 e. The van der Waals surface area contributed by atoms with E-state index in [1.165, 1.54) is 19.8 Å². The number of hydrogen-bond acceptors (Lipinski definition) is 5. The lowest BCUT2D eigenvalue weighted by Gasteiger charge is -2.07. The molecule has 0 aliphatic carbocycles. The smallest absolute Gasteiger partial charge is 0.305 e. The topological polar surface area (TPSA) is 78.6 Å². The van der Waals surface area contributed by atoms with Gasteiger partial charge in [-0.25, -0.2) is 8.37 Å². The van der Waals surface area contributed by atoms with Gasteiger partial charge in [-0.1, -0.05) is 38.8 Å². The van der Waals surface area contributed by atoms with Crippen molar-refractivity contribution in [3.8, 4) is 0 Å². The van der Waals surface area contributed by atoms with E-state index in [2.05, 4.69) is 28.8 Å². The third-order valence-corrected chi connectivity index (χ3v) is 2.17. The first-order valence-electron chi connectivity index (χ1n) is 5.22. The number of hydrogen-bond donors (Lipinski definition) is 1. The molecule has 0 bridgehead atoms. The van der Waals surface area contributed by atoms with E-state index in [0.717, 1.165) is 0 Å². The van der Waals surface area contributed by atoms with E-state index < -0.39 is 16.6 Å². The average Bonchev–Trinajstić information content (AvgIpc) is 2.13. The Bertz CT molecular complexity index is 271. The van der Waals surface area contributed by atoms with Crippen molar-refractivity contribution in [1.29, 1.82) is 0 Å². The molecular weight excluding hydrogens is 230 g/mol. The quantitative estimate of drug-likeness (QED) is 0.578. The molecule has 1 unspecified atom stereocenters. The number of unbranched alkanes of at least 4 members (excludes halogenated alkanes) is 1. The van der Waals surface area contributed by atoms with Crippen molar-refractivity contribution in [2.75, 3.05) is 6.61 Å². The second-order valence-electron chi connectivity index (χ2n) is 3.43. The fraction of sp³-hybridized carbons (Fsp3) is 0.800. The van der Waals surface area contributed by atoms with Crippen molar-refractivity contribution in [1.82, 2.24) is 0 Å². The summed E-state index contributed by atoms with van der Waals surface area (Å²) in [6.07, 6.45) is 1.74. The zero-order valence-corrected chi connectivity index (χ0v) is 11.3. The summed E-state index contributed by atoms with van der Waals surface area (Å²) in [4.78, 5) is 0. The van der Waals surface area contributed by atoms with E-state index in [4.69, 9.17) is 5.73 Å². The molecule has 0 amide bonds. The fourth-order valence-corrected chi connectivity index (χ4v) is 1.16. The maximum Gasteiger partial charge on any atom is 0.401 e. The van der Waals surface area contributed by atoms with Gasteiger partial charge in [-0.15, -0.1) is 0 Å². The Kier molecular flexibility index (Phi) is 11.0. The summed E-state index contributed by atoms with van der Waals surface area (Å²) in [6, 6.07) is 0. The van der Waals surface area contributed by atoms with Gasteiger partial charge < -0.3 is 5.73 Å². The van der Waals surface area contributed by atoms with Crippen LogP contribution in [0.3, 0.4) is 0 Å². The summed E-state index contributed by atoms with van der Waals surface area (Å²) < 4.78 is 30.2. The van der Waals surface area contributed by atoms with E-state index >= 15 is 0 Å². The SMILES string of the molecule is C=C(C)COS(=O)(=O)OC(C)N.CCCC. The molecule has 0 saturated heterocycles. The van der Waals surface area contributed by atoms with Gasteiger partial charge in [0.2, 0.25) is 0 Å². The predicted octanol–water partition coefficient (Wildman–Crippen LogP) is 1.95. The minimum Gasteiger partial charge on any atom is -0.305 e. The monoisotopic (exact) mass is 253 g/mol. The Morgan fingerprint density at radius 3 is 2.06 bits per heavy atom. The van der Waals surface area contributed by atoms with Gasteiger partial charge in [0, 0.05) is 0 Å². The molecule has 5 nitrogen and oxygen atoms in total. The Labute approximate surface area is 99.0 Å². The number of rotatable bonds is 6. The minimum atomic E-state index is -3.96. The van der Waals surface area contributed by atoms with Gasteiger partial charge in [0.15, 0.2) is 0 Å². The molecule has 0 fully saturated rings. The average molecular weight is 253 g/mol. The van der Waals surface area contributed by atoms with Crippen LogP contribution in [0.4, 0.5) is 0 Å². The van der Waals surface area contributed by atoms with Crippen LogP contribution in [0.5, 0.6) is 0 Å². The molecule has 6 heteroatoms. The Balaban J connectivity index is 0. The Morgan fingerprint density at radius 1 is 1.38 bits per heavy atom. The first kappa shape index (κ1) is 17.9. The molecule has 0 saturated carbocycles. The van der Waals surface area contributed by atoms with Crippen LogP contribution in [-0.2, 0) is 18.8 Å². The van der Waals surface area contributed by atoms with Crippen molar-refractivity contribution < 1.29 is 16.8 Å². The summed E-state index contributed by atoms with van der Waals surface area (Å²) in [5.41, 5.74) is 5.67. The van der Waals surface area contributed by atoms with Gasteiger partial charge in [-0.3, -0.25) is 0 Å². The van der Waals surface area contributed by atoms with Crippen LogP contribution in [0.2, 0.25) is 0 Å². The minimum absolute atomic E-state index is 0.0882. The molecular formula is C10H23NO4S. The highest BCUT2D eigenvalue weighted by Crippen LogP contribution is 2.00. The van der Waals surface area contributed by atoms with Crippen molar-refractivity contribution >= 4 is 10.4 Å². The summed E-state index contributed by atoms with van der Waals surface area (Å²) in [6.45, 7) is 10.8. The molecule has 2 N–H and O–H groups in total. The molecule has 0 aromatic rings. The van der Waals surface area contributed by atoms with E-state index in [1.54, 1.807) is 6.92 Å². The predicted molar refractivity (Wildman–Crippen MR) is 65.0 cm³/mol. The lowest BCUT2D eigenvalue weighted by atomic mass is 10.4. The van der Waals surface area contributed by atoms with Crippen LogP contribution in [0.15, 0.2) is 12.2 Å². The highest BCUT2D eigenvalue weighted by atomic mass is 32.3. The van der Waals surface area contributed by atoms with Crippen LogP contribution >= 0.6 is 0 Å². The molecule has 0 heterocycles. The maximum absolute atomic E-state index is 10.8. The summed E-state index contributed by atoms with van der Waals surface area (Å²) in [5, 5.41) is 0. The van der Waals surface area contributed by atoms with Gasteiger partial charge in [-0.05, 0) is 13.8 Å². The van der Waals surface area contributed by atoms with Crippen LogP contribution in [-0.4, -0.2) is 21.3 Å². The first-order valence-corrected chi connectivity index (χ1v) is 6.56. The van der Waals surface area contributed by atoms with Crippen LogP contribution in [0.1, 0.15) is 40.5 Å². The highest BCUT2D eigenvalue weighted by molar-refractivity contribution is 7.81. The normalized spacial score (nSPS) is 12.6. The second-order valence-corrected chi connectivity index (χ2v) is 4.67. The van der Waals surface area contributed by atoms with Crippen LogP contribution in [0.25, 0.3) is 0 Å². The zero-order valence-electron chi connectivity index (χ0n) is 10.5. The van der Waals surface area contributed by atoms with Crippen molar-refractivity contribution in [2.24, 2.45) is 5.73 Å². The van der Waals surface area contributed by atoms with Gasteiger partial charge in [0.25, 0.3) is 0 Å². The zero-order chi connectivity index (χ0) is 13.2. The van der Waals surface area contributed by atoms with Crippen molar-refractivity contribution in [2.45, 2.75) is 46.8 Å². The molecule has 98 valence electrons. The standard InChI is InChI=1S/C6H13NO4S.C4H10/c1-5(2)4-10-12(8,9)11-6(3)7;1-3-4-2/h6H,1,4,7H2,2-3H3;3-4H2,1-2H3. The van der Waals surface area contributed by atoms with Gasteiger partial charge in [0.05, 0.1) is 6.61 Å². The molecule has 0 aliphatic heterocycles. The first-order chi connectivity index (χ1) is 7.25. The van der Waals surface area contributed by atoms with E-state index in [0.29, 0.717) is 5.57 Å². The van der Waals surface area contributed by atoms with Crippen molar-refractivity contribution in [3.05, 3.63) is 12.2 Å². The fourth-order valence-electron chi connectivity index (χ4n) is 0.386. The Morgan fingerprint density at radius 2 is 1.81 bits per heavy atom. The van der Waals surface area contributed by atoms with Crippen LogP contribution < -0.4 is 5.73 Å². The second kappa shape index (κ2) is 9.77. The molecule has 0 aromatic carbocycles. The lowest BCUT2D eigenvalue weighted by Crippen LogP contribution is -2.25. The molecule has 0 radical (unpaired) electrons. The summed E-state index contributed by atoms with van der Waals surface area (Å²) >= 11 is 0. The van der Waals surface area contributed by atoms with Gasteiger partial charge in [-0.2, -0.15) is 8.42 Å². The third kappa shape index (κ3) is 16.0. The highest BCUT2D eigenvalue weighted by Gasteiger charge is 2.13. The van der Waals surface area contributed by atoms with Gasteiger partial charge in [0.1, 0.15) is 6.23 Å². The number of nitrogens with two attached hydrogens (primary N) is 1. The molecule has 0 spiro atoms. The summed E-state index contributed by atoms with van der Waals surface area (Å²) in [5.74, 6) is 0. The molecule has 16 heavy (non-hydrogen) atoms. The lowest BCUT2D eigenvalue weighted by molar-refractivity contribution is 0.179. The summed E-state index contributed by atoms with van der Waals surface area (Å²) in [7, 11) is -3.96. The maximum atomic E-state index is 10.8. The molecule has 0 rings (SSSR count). The molecule has 0 aromatic heterocycles. The van der Waals surface area contributed by atoms with Crippen molar-refractivity contribution in [3.63, 3.8) is 0 Å².